The van der Waals surface area contributed by atoms with Crippen LogP contribution in [-0.2, 0) is 0 Å². The monoisotopic (exact) mass is 509 g/mol. The van der Waals surface area contributed by atoms with Crippen LogP contribution in [0.1, 0.15) is 17.8 Å². The topological polar surface area (TPSA) is 13.1 Å². The van der Waals surface area contributed by atoms with Crippen LogP contribution >= 0.6 is 0 Å². The lowest BCUT2D eigenvalue weighted by Gasteiger charge is -2.18. The van der Waals surface area contributed by atoms with Gasteiger partial charge in [0.15, 0.2) is 0 Å². The van der Waals surface area contributed by atoms with E-state index in [2.05, 4.69) is 0 Å². The number of benzene rings is 7. The van der Waals surface area contributed by atoms with Crippen LogP contribution in [-0.4, -0.2) is 0 Å². The van der Waals surface area contributed by atoms with Crippen LogP contribution in [0.4, 0.5) is 0 Å². The molecule has 1 aromatic heterocycles. The summed E-state index contributed by atoms with van der Waals surface area (Å²) in [4.78, 5) is 0. The average Bonchev–Trinajstić information content (AvgIpc) is 3.53. The third-order valence-corrected chi connectivity index (χ3v) is 6.99. The summed E-state index contributed by atoms with van der Waals surface area (Å²) in [6.07, 6.45) is 0. The summed E-state index contributed by atoms with van der Waals surface area (Å²) in [6, 6.07) is 12.1. The third kappa shape index (κ3) is 3.48. The Morgan fingerprint density at radius 3 is 1.67 bits per heavy atom. The molecule has 7 aromatic carbocycles. The number of fused-ring (bicyclic) bond motifs is 5. The number of hydrogen-bond donors (Lipinski definition) is 0. The van der Waals surface area contributed by atoms with Crippen molar-refractivity contribution in [2.75, 3.05) is 0 Å². The molecule has 0 amide bonds. The summed E-state index contributed by atoms with van der Waals surface area (Å²) in [5, 5.41) is 1.13. The highest BCUT2D eigenvalue weighted by atomic mass is 16.3. The molecule has 0 saturated carbocycles. The van der Waals surface area contributed by atoms with Gasteiger partial charge in [-0.1, -0.05) is 121 Å². The molecule has 0 spiro atoms. The Bertz CT molecular complexity index is 2780. The number of hydrogen-bond acceptors (Lipinski definition) is 1. The number of furan rings is 1. The number of rotatable bonds is 3. The Labute approximate surface area is 244 Å². The average molecular weight is 510 g/mol. The minimum Gasteiger partial charge on any atom is -0.456 e. The molecule has 1 heterocycles. The van der Waals surface area contributed by atoms with E-state index in [0.29, 0.717) is 16.7 Å². The van der Waals surface area contributed by atoms with Crippen LogP contribution in [0, 0.1) is 0 Å². The Kier molecular flexibility index (Phi) is 2.82. The van der Waals surface area contributed by atoms with Crippen LogP contribution in [0.15, 0.2) is 150 Å². The molecular weight excluding hydrogens is 472 g/mol. The highest BCUT2D eigenvalue weighted by molar-refractivity contribution is 6.21. The maximum Gasteiger partial charge on any atom is 0.136 e. The lowest BCUT2D eigenvalue weighted by Crippen LogP contribution is -1.91. The third-order valence-electron chi connectivity index (χ3n) is 6.99. The van der Waals surface area contributed by atoms with Gasteiger partial charge in [0.05, 0.1) is 17.8 Å². The predicted molar refractivity (Wildman–Crippen MR) is 165 cm³/mol. The summed E-state index contributed by atoms with van der Waals surface area (Å²) < 4.78 is 120. The summed E-state index contributed by atoms with van der Waals surface area (Å²) >= 11 is 0. The highest BCUT2D eigenvalue weighted by Gasteiger charge is 2.17. The Balaban J connectivity index is 1.56. The fourth-order valence-corrected chi connectivity index (χ4v) is 5.30. The molecule has 0 radical (unpaired) electrons. The van der Waals surface area contributed by atoms with E-state index in [1.54, 1.807) is 18.2 Å². The van der Waals surface area contributed by atoms with Crippen LogP contribution in [0.2, 0.25) is 0 Å². The molecule has 0 N–H and O–H groups in total. The van der Waals surface area contributed by atoms with Gasteiger partial charge in [-0.3, -0.25) is 0 Å². The van der Waals surface area contributed by atoms with Crippen LogP contribution in [0.3, 0.4) is 0 Å². The zero-order valence-electron chi connectivity index (χ0n) is 33.3. The normalized spacial score (nSPS) is 16.3. The second-order valence-electron chi connectivity index (χ2n) is 9.14. The first-order chi connectivity index (χ1) is 24.7. The van der Waals surface area contributed by atoms with Gasteiger partial charge in [0.25, 0.3) is 0 Å². The molecule has 39 heavy (non-hydrogen) atoms. The smallest absolute Gasteiger partial charge is 0.136 e. The van der Waals surface area contributed by atoms with E-state index in [4.69, 9.17) is 22.2 Å². The molecule has 0 aliphatic rings. The van der Waals surface area contributed by atoms with Crippen molar-refractivity contribution in [2.24, 2.45) is 0 Å². The van der Waals surface area contributed by atoms with Gasteiger partial charge in [-0.2, -0.15) is 0 Å². The molecule has 182 valence electrons. The minimum atomic E-state index is -0.711. The lowest BCUT2D eigenvalue weighted by atomic mass is 9.85. The zero-order valence-corrected chi connectivity index (χ0v) is 20.3. The second kappa shape index (κ2) is 8.72. The molecule has 0 aliphatic carbocycles. The molecule has 0 atom stereocenters. The van der Waals surface area contributed by atoms with Gasteiger partial charge in [0.1, 0.15) is 11.2 Å². The first-order valence-electron chi connectivity index (χ1n) is 18.8. The van der Waals surface area contributed by atoms with Crippen molar-refractivity contribution in [3.63, 3.8) is 0 Å². The van der Waals surface area contributed by atoms with E-state index in [9.17, 15) is 0 Å². The standard InChI is InChI=1S/C38H24O/c1-2-11-25(12-3-1)37-31-16-4-6-18-33(31)38(34-19-7-5-17-32(34)37)28-14-10-13-26(23-28)27-21-22-30-29-15-8-9-20-35(29)39-36(30)24-27/h1-24H/i1D,2D,3D,4D,5D,6D,7D,11D,12D,16D,17D,18D,19D. The van der Waals surface area contributed by atoms with Crippen molar-refractivity contribution in [2.45, 2.75) is 0 Å². The van der Waals surface area contributed by atoms with Crippen LogP contribution in [0.25, 0.3) is 76.9 Å². The van der Waals surface area contributed by atoms with Crippen molar-refractivity contribution in [1.29, 1.82) is 0 Å². The molecule has 1 heteroatoms. The van der Waals surface area contributed by atoms with Gasteiger partial charge in [-0.05, 0) is 79.2 Å². The summed E-state index contributed by atoms with van der Waals surface area (Å²) in [5.74, 6) is 0. The van der Waals surface area contributed by atoms with Crippen molar-refractivity contribution in [3.05, 3.63) is 145 Å². The largest absolute Gasteiger partial charge is 0.456 e. The summed E-state index contributed by atoms with van der Waals surface area (Å²) in [7, 11) is 0. The van der Waals surface area contributed by atoms with E-state index in [0.717, 1.165) is 21.9 Å². The molecule has 0 bridgehead atoms. The van der Waals surface area contributed by atoms with Crippen molar-refractivity contribution in [1.82, 2.24) is 0 Å². The highest BCUT2D eigenvalue weighted by Crippen LogP contribution is 2.44. The van der Waals surface area contributed by atoms with Gasteiger partial charge in [0, 0.05) is 10.8 Å². The van der Waals surface area contributed by atoms with E-state index in [1.807, 2.05) is 48.5 Å². The Morgan fingerprint density at radius 1 is 0.385 bits per heavy atom. The molecule has 1 nitrogen and oxygen atoms in total. The quantitative estimate of drug-likeness (QED) is 0.216. The van der Waals surface area contributed by atoms with Crippen LogP contribution < -0.4 is 0 Å². The zero-order chi connectivity index (χ0) is 37.1. The molecule has 0 aliphatic heterocycles. The number of para-hydroxylation sites is 1. The Morgan fingerprint density at radius 2 is 0.949 bits per heavy atom. The van der Waals surface area contributed by atoms with E-state index < -0.39 is 84.1 Å². The predicted octanol–water partition coefficient (Wildman–Crippen LogP) is 10.9. The SMILES string of the molecule is [2H]c1c([2H])c([2H])c(-c2c3c([2H])c([2H])c([2H])c([2H])c3c(-c3cccc(-c4ccc5c(c4)oc4ccccc45)c3)c3c([2H])c([2H])c([2H])c([2H])c23)c([2H])c1[2H]. The molecular formula is C38H24O. The fraction of sp³-hybridized carbons (Fsp3) is 0. The first-order valence-corrected chi connectivity index (χ1v) is 12.3. The van der Waals surface area contributed by atoms with Gasteiger partial charge < -0.3 is 4.42 Å². The van der Waals surface area contributed by atoms with Crippen molar-refractivity contribution < 1.29 is 22.2 Å². The van der Waals surface area contributed by atoms with Gasteiger partial charge in [-0.25, -0.2) is 0 Å². The molecule has 0 fully saturated rings. The Hall–Kier alpha value is -5.14. The van der Waals surface area contributed by atoms with Crippen LogP contribution in [0.5, 0.6) is 0 Å². The minimum absolute atomic E-state index is 0.0757. The van der Waals surface area contributed by atoms with Crippen molar-refractivity contribution >= 4 is 43.5 Å². The van der Waals surface area contributed by atoms with E-state index >= 15 is 0 Å². The van der Waals surface area contributed by atoms with Gasteiger partial charge in [0.2, 0.25) is 0 Å². The van der Waals surface area contributed by atoms with Crippen molar-refractivity contribution in [3.8, 4) is 33.4 Å². The van der Waals surface area contributed by atoms with Gasteiger partial charge in [-0.15, -0.1) is 0 Å². The van der Waals surface area contributed by atoms with Gasteiger partial charge >= 0.3 is 0 Å². The van der Waals surface area contributed by atoms with E-state index in [1.165, 1.54) is 0 Å². The maximum absolute atomic E-state index is 9.16. The maximum atomic E-state index is 9.16. The molecule has 0 saturated heterocycles. The summed E-state index contributed by atoms with van der Waals surface area (Å²) in [5.41, 5.74) is 2.48. The molecule has 8 rings (SSSR count). The first kappa shape index (κ1) is 12.6. The second-order valence-corrected chi connectivity index (χ2v) is 9.14. The summed E-state index contributed by atoms with van der Waals surface area (Å²) in [6.45, 7) is 0. The lowest BCUT2D eigenvalue weighted by molar-refractivity contribution is 0.669. The molecule has 0 unspecified atom stereocenters. The van der Waals surface area contributed by atoms with E-state index in [-0.39, 0.29) is 32.7 Å². The molecule has 8 aromatic rings. The fourth-order valence-electron chi connectivity index (χ4n) is 5.30.